The predicted molar refractivity (Wildman–Crippen MR) is 57.1 cm³/mol. The molecule has 0 radical (unpaired) electrons. The van der Waals surface area contributed by atoms with Crippen LogP contribution in [-0.2, 0) is 6.18 Å². The van der Waals surface area contributed by atoms with Crippen molar-refractivity contribution in [1.82, 2.24) is 0 Å². The van der Waals surface area contributed by atoms with Crippen LogP contribution >= 0.6 is 11.8 Å². The lowest BCUT2D eigenvalue weighted by molar-refractivity contribution is -0.137. The summed E-state index contributed by atoms with van der Waals surface area (Å²) in [6.07, 6.45) is -4.30. The first kappa shape index (κ1) is 12.1. The first-order chi connectivity index (χ1) is 6.99. The van der Waals surface area contributed by atoms with E-state index >= 15 is 0 Å². The average Bonchev–Trinajstić information content (AvgIpc) is 2.17. The van der Waals surface area contributed by atoms with Crippen LogP contribution in [0.5, 0.6) is 0 Å². The molecule has 1 aromatic carbocycles. The predicted octanol–water partition coefficient (Wildman–Crippen LogP) is 4.15. The molecule has 0 aliphatic carbocycles. The molecule has 82 valence electrons. The van der Waals surface area contributed by atoms with E-state index in [1.807, 2.05) is 6.92 Å². The lowest BCUT2D eigenvalue weighted by Gasteiger charge is -2.09. The van der Waals surface area contributed by atoms with E-state index in [1.165, 1.54) is 17.8 Å². The lowest BCUT2D eigenvalue weighted by Crippen LogP contribution is -2.04. The number of aliphatic imine (C=N–C) groups is 1. The van der Waals surface area contributed by atoms with Crippen LogP contribution in [0.15, 0.2) is 28.1 Å². The average molecular weight is 233 g/mol. The highest BCUT2D eigenvalue weighted by Crippen LogP contribution is 2.36. The van der Waals surface area contributed by atoms with E-state index in [9.17, 15) is 13.2 Å². The first-order valence-corrected chi connectivity index (χ1v) is 5.28. The second-order valence-electron chi connectivity index (χ2n) is 2.77. The van der Waals surface area contributed by atoms with Crippen LogP contribution in [0.3, 0.4) is 0 Å². The van der Waals surface area contributed by atoms with Crippen molar-refractivity contribution >= 4 is 24.2 Å². The van der Waals surface area contributed by atoms with Crippen LogP contribution in [0.25, 0.3) is 0 Å². The smallest absolute Gasteiger partial charge is 0.263 e. The highest BCUT2D eigenvalue weighted by atomic mass is 32.2. The minimum atomic E-state index is -4.30. The Labute approximate surface area is 90.4 Å². The zero-order valence-electron chi connectivity index (χ0n) is 8.14. The van der Waals surface area contributed by atoms with Gasteiger partial charge in [-0.25, -0.2) is 0 Å². The Kier molecular flexibility index (Phi) is 3.79. The first-order valence-electron chi connectivity index (χ1n) is 4.29. The van der Waals surface area contributed by atoms with Crippen LogP contribution in [0.4, 0.5) is 18.9 Å². The van der Waals surface area contributed by atoms with Crippen LogP contribution in [0, 0.1) is 0 Å². The Balaban J connectivity index is 3.15. The zero-order chi connectivity index (χ0) is 11.5. The van der Waals surface area contributed by atoms with Gasteiger partial charge < -0.3 is 0 Å². The Morgan fingerprint density at radius 1 is 1.40 bits per heavy atom. The van der Waals surface area contributed by atoms with Gasteiger partial charge in [0.25, 0.3) is 0 Å². The molecule has 0 bridgehead atoms. The number of benzene rings is 1. The van der Waals surface area contributed by atoms with Crippen molar-refractivity contribution in [3.63, 3.8) is 0 Å². The topological polar surface area (TPSA) is 12.4 Å². The highest BCUT2D eigenvalue weighted by Gasteiger charge is 2.30. The van der Waals surface area contributed by atoms with Crippen molar-refractivity contribution in [2.45, 2.75) is 18.0 Å². The number of thioether (sulfide) groups is 1. The van der Waals surface area contributed by atoms with Gasteiger partial charge in [0.1, 0.15) is 0 Å². The van der Waals surface area contributed by atoms with Gasteiger partial charge in [-0.3, -0.25) is 4.99 Å². The van der Waals surface area contributed by atoms with Gasteiger partial charge in [0.2, 0.25) is 0 Å². The van der Waals surface area contributed by atoms with E-state index in [2.05, 4.69) is 11.7 Å². The highest BCUT2D eigenvalue weighted by molar-refractivity contribution is 7.99. The molecule has 0 amide bonds. The van der Waals surface area contributed by atoms with Gasteiger partial charge in [-0.1, -0.05) is 6.92 Å². The maximum atomic E-state index is 12.4. The molecule has 1 aromatic rings. The van der Waals surface area contributed by atoms with Crippen LogP contribution in [0.2, 0.25) is 0 Å². The van der Waals surface area contributed by atoms with Gasteiger partial charge in [-0.05, 0) is 30.7 Å². The summed E-state index contributed by atoms with van der Waals surface area (Å²) in [5, 5.41) is 0. The zero-order valence-corrected chi connectivity index (χ0v) is 8.95. The van der Waals surface area contributed by atoms with Crippen molar-refractivity contribution in [2.75, 3.05) is 5.75 Å². The van der Waals surface area contributed by atoms with Gasteiger partial charge in [0.15, 0.2) is 0 Å². The van der Waals surface area contributed by atoms with Crippen LogP contribution in [0.1, 0.15) is 12.5 Å². The quantitative estimate of drug-likeness (QED) is 0.564. The van der Waals surface area contributed by atoms with E-state index in [0.29, 0.717) is 16.3 Å². The fourth-order valence-electron chi connectivity index (χ4n) is 1.09. The van der Waals surface area contributed by atoms with E-state index in [4.69, 9.17) is 0 Å². The minimum absolute atomic E-state index is 0.495. The lowest BCUT2D eigenvalue weighted by atomic mass is 10.2. The van der Waals surface area contributed by atoms with Gasteiger partial charge in [-0.2, -0.15) is 13.2 Å². The second-order valence-corrected chi connectivity index (χ2v) is 4.08. The fraction of sp³-hybridized carbons (Fsp3) is 0.300. The van der Waals surface area contributed by atoms with Gasteiger partial charge in [0.05, 0.1) is 11.3 Å². The normalized spacial score (nSPS) is 11.5. The van der Waals surface area contributed by atoms with Crippen LogP contribution < -0.4 is 0 Å². The molecule has 0 aliphatic rings. The molecule has 0 saturated carbocycles. The number of hydrogen-bond donors (Lipinski definition) is 0. The van der Waals surface area contributed by atoms with Crippen molar-refractivity contribution in [2.24, 2.45) is 4.99 Å². The second kappa shape index (κ2) is 4.70. The third-order valence-corrected chi connectivity index (χ3v) is 2.68. The summed E-state index contributed by atoms with van der Waals surface area (Å²) in [5.41, 5.74) is -0.152. The van der Waals surface area contributed by atoms with Crippen molar-refractivity contribution in [1.29, 1.82) is 0 Å². The maximum absolute atomic E-state index is 12.4. The Bertz CT molecular complexity index is 360. The molecule has 0 heterocycles. The summed E-state index contributed by atoms with van der Waals surface area (Å²) in [7, 11) is 0. The molecule has 0 N–H and O–H groups in total. The number of alkyl halides is 3. The molecule has 0 aromatic heterocycles. The van der Waals surface area contributed by atoms with Crippen molar-refractivity contribution in [3.8, 4) is 0 Å². The number of rotatable bonds is 3. The third kappa shape index (κ3) is 2.99. The van der Waals surface area contributed by atoms with E-state index < -0.39 is 11.7 Å². The molecule has 1 rings (SSSR count). The van der Waals surface area contributed by atoms with E-state index in [1.54, 1.807) is 0 Å². The summed E-state index contributed by atoms with van der Waals surface area (Å²) in [5.74, 6) is 0.698. The Morgan fingerprint density at radius 2 is 2.07 bits per heavy atom. The monoisotopic (exact) mass is 233 g/mol. The van der Waals surface area contributed by atoms with Crippen molar-refractivity contribution in [3.05, 3.63) is 23.8 Å². The molecular formula is C10H10F3NS. The van der Waals surface area contributed by atoms with Gasteiger partial charge in [0, 0.05) is 4.90 Å². The summed E-state index contributed by atoms with van der Waals surface area (Å²) in [6, 6.07) is 3.47. The summed E-state index contributed by atoms with van der Waals surface area (Å²) in [4.78, 5) is 4.19. The molecule has 0 aliphatic heterocycles. The molecule has 5 heteroatoms. The van der Waals surface area contributed by atoms with Crippen LogP contribution in [-0.4, -0.2) is 12.5 Å². The van der Waals surface area contributed by atoms with Gasteiger partial charge in [-0.15, -0.1) is 11.8 Å². The molecule has 15 heavy (non-hydrogen) atoms. The fourth-order valence-corrected chi connectivity index (χ4v) is 1.89. The summed E-state index contributed by atoms with van der Waals surface area (Å²) in [6.45, 7) is 5.19. The van der Waals surface area contributed by atoms with E-state index in [0.717, 1.165) is 12.1 Å². The SMILES string of the molecule is C=Nc1ccc(C(F)(F)F)cc1SCC. The summed E-state index contributed by atoms with van der Waals surface area (Å²) < 4.78 is 37.2. The largest absolute Gasteiger partial charge is 0.416 e. The standard InChI is InChI=1S/C10H10F3NS/c1-3-15-9-6-7(10(11,12)13)4-5-8(9)14-2/h4-6H,2-3H2,1H3. The Morgan fingerprint density at radius 3 is 2.53 bits per heavy atom. The Hall–Kier alpha value is -0.970. The molecule has 0 atom stereocenters. The minimum Gasteiger partial charge on any atom is -0.263 e. The molecule has 1 nitrogen and oxygen atoms in total. The number of hydrogen-bond acceptors (Lipinski definition) is 2. The van der Waals surface area contributed by atoms with Crippen molar-refractivity contribution < 1.29 is 13.2 Å². The maximum Gasteiger partial charge on any atom is 0.416 e. The third-order valence-electron chi connectivity index (χ3n) is 1.76. The van der Waals surface area contributed by atoms with E-state index in [-0.39, 0.29) is 0 Å². The van der Waals surface area contributed by atoms with Gasteiger partial charge >= 0.3 is 6.18 Å². The molecule has 0 saturated heterocycles. The number of halogens is 3. The number of nitrogens with zero attached hydrogens (tertiary/aromatic N) is 1. The summed E-state index contributed by atoms with van der Waals surface area (Å²) >= 11 is 1.32. The molecular weight excluding hydrogens is 223 g/mol. The molecule has 0 unspecified atom stereocenters. The molecule has 0 spiro atoms. The molecule has 0 fully saturated rings.